The van der Waals surface area contributed by atoms with Crippen LogP contribution in [-0.4, -0.2) is 23.2 Å². The van der Waals surface area contributed by atoms with Crippen LogP contribution in [-0.2, 0) is 4.79 Å². The number of nitrogens with one attached hydrogen (secondary N) is 1. The van der Waals surface area contributed by atoms with E-state index in [-0.39, 0.29) is 11.4 Å². The number of thioether (sulfide) groups is 1. The molecule has 2 aliphatic heterocycles. The highest BCUT2D eigenvalue weighted by molar-refractivity contribution is 8.18. The molecule has 1 fully saturated rings. The van der Waals surface area contributed by atoms with Gasteiger partial charge in [-0.3, -0.25) is 4.79 Å². The van der Waals surface area contributed by atoms with Crippen LogP contribution in [0.1, 0.15) is 38.8 Å². The molecule has 2 aromatic carbocycles. The summed E-state index contributed by atoms with van der Waals surface area (Å²) in [4.78, 5) is 19.9. The molecule has 32 heavy (non-hydrogen) atoms. The van der Waals surface area contributed by atoms with Gasteiger partial charge in [0.1, 0.15) is 0 Å². The molecule has 0 radical (unpaired) electrons. The Kier molecular flexibility index (Phi) is 6.38. The molecule has 1 amide bonds. The van der Waals surface area contributed by atoms with Gasteiger partial charge in [0.15, 0.2) is 5.17 Å². The standard InChI is InChI=1S/C24H22Cl3N3OS/c1-5-30-20-11-18(26)14(8-16(20)13(2)12-24(30,3)4)9-21-22(31)29-23(32-21)28-15-6-7-17(25)19(27)10-15/h6-12H,5H2,1-4H3,(H,28,29,31)/b21-9+. The monoisotopic (exact) mass is 505 g/mol. The predicted molar refractivity (Wildman–Crippen MR) is 139 cm³/mol. The minimum absolute atomic E-state index is 0.0910. The lowest BCUT2D eigenvalue weighted by Gasteiger charge is -2.43. The smallest absolute Gasteiger partial charge is 0.264 e. The zero-order chi connectivity index (χ0) is 23.2. The van der Waals surface area contributed by atoms with E-state index in [0.717, 1.165) is 23.4 Å². The van der Waals surface area contributed by atoms with Crippen molar-refractivity contribution in [2.45, 2.75) is 33.2 Å². The van der Waals surface area contributed by atoms with E-state index in [0.29, 0.717) is 30.8 Å². The molecule has 4 rings (SSSR count). The second kappa shape index (κ2) is 8.79. The van der Waals surface area contributed by atoms with Crippen molar-refractivity contribution >= 4 is 80.7 Å². The third-order valence-electron chi connectivity index (χ3n) is 5.48. The maximum atomic E-state index is 12.6. The summed E-state index contributed by atoms with van der Waals surface area (Å²) in [6.07, 6.45) is 4.08. The number of likely N-dealkylation sites (N-methyl/N-ethyl adjacent to an activating group) is 1. The number of carbonyl (C=O) groups excluding carboxylic acids is 1. The molecule has 4 nitrogen and oxygen atoms in total. The number of halogens is 3. The lowest BCUT2D eigenvalue weighted by Crippen LogP contribution is -2.44. The molecular weight excluding hydrogens is 485 g/mol. The molecule has 0 saturated carbocycles. The molecule has 0 unspecified atom stereocenters. The van der Waals surface area contributed by atoms with E-state index in [2.05, 4.69) is 55.0 Å². The predicted octanol–water partition coefficient (Wildman–Crippen LogP) is 7.56. The molecule has 166 valence electrons. The molecule has 8 heteroatoms. The van der Waals surface area contributed by atoms with E-state index < -0.39 is 0 Å². The normalized spacial score (nSPS) is 19.9. The van der Waals surface area contributed by atoms with E-state index in [4.69, 9.17) is 34.8 Å². The van der Waals surface area contributed by atoms with E-state index in [1.54, 1.807) is 18.2 Å². The summed E-state index contributed by atoms with van der Waals surface area (Å²) in [5, 5.41) is 4.73. The van der Waals surface area contributed by atoms with E-state index in [1.807, 2.05) is 12.1 Å². The second-order valence-corrected chi connectivity index (χ2v) is 10.4. The largest absolute Gasteiger partial charge is 0.363 e. The van der Waals surface area contributed by atoms with Crippen molar-refractivity contribution in [2.24, 2.45) is 4.99 Å². The van der Waals surface area contributed by atoms with Gasteiger partial charge < -0.3 is 10.2 Å². The van der Waals surface area contributed by atoms with Crippen molar-refractivity contribution in [3.63, 3.8) is 0 Å². The van der Waals surface area contributed by atoms with Crippen LogP contribution in [0.2, 0.25) is 15.1 Å². The molecular formula is C24H22Cl3N3OS. The van der Waals surface area contributed by atoms with Crippen LogP contribution < -0.4 is 10.2 Å². The first-order chi connectivity index (χ1) is 15.1. The molecule has 1 N–H and O–H groups in total. The van der Waals surface area contributed by atoms with Crippen molar-refractivity contribution in [2.75, 3.05) is 11.4 Å². The molecule has 1 saturated heterocycles. The van der Waals surface area contributed by atoms with E-state index in [9.17, 15) is 4.79 Å². The number of anilines is 1. The third kappa shape index (κ3) is 4.44. The number of benzene rings is 2. The Balaban J connectivity index is 1.67. The summed E-state index contributed by atoms with van der Waals surface area (Å²) in [6, 6.07) is 9.11. The molecule has 2 aromatic rings. The van der Waals surface area contributed by atoms with Crippen molar-refractivity contribution < 1.29 is 4.79 Å². The fourth-order valence-electron chi connectivity index (χ4n) is 4.10. The summed E-state index contributed by atoms with van der Waals surface area (Å²) in [6.45, 7) is 9.50. The summed E-state index contributed by atoms with van der Waals surface area (Å²) < 4.78 is 0. The lowest BCUT2D eigenvalue weighted by molar-refractivity contribution is -0.115. The lowest BCUT2D eigenvalue weighted by atomic mass is 9.88. The molecule has 0 spiro atoms. The van der Waals surface area contributed by atoms with Gasteiger partial charge in [-0.25, -0.2) is 4.99 Å². The summed E-state index contributed by atoms with van der Waals surface area (Å²) in [5.41, 5.74) is 4.73. The Bertz CT molecular complexity index is 1220. The van der Waals surface area contributed by atoms with Crippen LogP contribution in [0.15, 0.2) is 46.3 Å². The van der Waals surface area contributed by atoms with Gasteiger partial charge in [0, 0.05) is 22.8 Å². The number of rotatable bonds is 3. The number of allylic oxidation sites excluding steroid dienone is 1. The first kappa shape index (κ1) is 23.2. The van der Waals surface area contributed by atoms with Crippen LogP contribution in [0.25, 0.3) is 11.6 Å². The number of hydrogen-bond donors (Lipinski definition) is 1. The fourth-order valence-corrected chi connectivity index (χ4v) is 5.43. The second-order valence-electron chi connectivity index (χ2n) is 8.20. The van der Waals surface area contributed by atoms with Gasteiger partial charge >= 0.3 is 0 Å². The maximum Gasteiger partial charge on any atom is 0.264 e. The van der Waals surface area contributed by atoms with Gasteiger partial charge in [-0.1, -0.05) is 40.9 Å². The van der Waals surface area contributed by atoms with Crippen LogP contribution in [0, 0.1) is 0 Å². The number of carbonyl (C=O) groups is 1. The highest BCUT2D eigenvalue weighted by Crippen LogP contribution is 2.42. The maximum absolute atomic E-state index is 12.6. The number of hydrogen-bond acceptors (Lipinski definition) is 4. The van der Waals surface area contributed by atoms with E-state index >= 15 is 0 Å². The van der Waals surface area contributed by atoms with Gasteiger partial charge in [0.05, 0.1) is 26.2 Å². The van der Waals surface area contributed by atoms with Crippen molar-refractivity contribution in [3.8, 4) is 0 Å². The van der Waals surface area contributed by atoms with Gasteiger partial charge in [-0.05, 0) is 87.0 Å². The van der Waals surface area contributed by atoms with Gasteiger partial charge in [0.2, 0.25) is 0 Å². The number of nitrogens with zero attached hydrogens (tertiary/aromatic N) is 2. The van der Waals surface area contributed by atoms with Crippen molar-refractivity contribution in [3.05, 3.63) is 67.5 Å². The van der Waals surface area contributed by atoms with E-state index in [1.165, 1.54) is 17.3 Å². The summed E-state index contributed by atoms with van der Waals surface area (Å²) in [5.74, 6) is -0.217. The SMILES string of the molecule is CCN1c2cc(Cl)c(/C=C3/SC(=Nc4ccc(Cl)c(Cl)c4)NC3=O)cc2C(C)=CC1(C)C. The first-order valence-corrected chi connectivity index (χ1v) is 12.1. The first-order valence-electron chi connectivity index (χ1n) is 10.1. The zero-order valence-electron chi connectivity index (χ0n) is 18.1. The van der Waals surface area contributed by atoms with Gasteiger partial charge in [-0.15, -0.1) is 0 Å². The molecule has 0 atom stereocenters. The topological polar surface area (TPSA) is 44.7 Å². The van der Waals surface area contributed by atoms with Crippen LogP contribution in [0.4, 0.5) is 11.4 Å². The summed E-state index contributed by atoms with van der Waals surface area (Å²) in [7, 11) is 0. The number of fused-ring (bicyclic) bond motifs is 1. The molecule has 2 heterocycles. The Morgan fingerprint density at radius 2 is 1.88 bits per heavy atom. The number of amides is 1. The molecule has 0 bridgehead atoms. The highest BCUT2D eigenvalue weighted by atomic mass is 35.5. The molecule has 2 aliphatic rings. The minimum atomic E-state index is -0.217. The Labute approximate surface area is 207 Å². The third-order valence-corrected chi connectivity index (χ3v) is 7.46. The van der Waals surface area contributed by atoms with Gasteiger partial charge in [0.25, 0.3) is 5.91 Å². The Morgan fingerprint density at radius 1 is 1.12 bits per heavy atom. The van der Waals surface area contributed by atoms with Crippen molar-refractivity contribution in [1.82, 2.24) is 5.32 Å². The zero-order valence-corrected chi connectivity index (χ0v) is 21.2. The van der Waals surface area contributed by atoms with Crippen LogP contribution in [0.5, 0.6) is 0 Å². The Morgan fingerprint density at radius 3 is 2.56 bits per heavy atom. The summed E-state index contributed by atoms with van der Waals surface area (Å²) >= 11 is 19.9. The Hall–Kier alpha value is -1.92. The number of amidine groups is 1. The highest BCUT2D eigenvalue weighted by Gasteiger charge is 2.31. The van der Waals surface area contributed by atoms with Crippen molar-refractivity contribution in [1.29, 1.82) is 0 Å². The van der Waals surface area contributed by atoms with Gasteiger partial charge in [-0.2, -0.15) is 0 Å². The van der Waals surface area contributed by atoms with Crippen LogP contribution in [0.3, 0.4) is 0 Å². The number of aliphatic imine (C=N–C) groups is 1. The molecule has 0 aliphatic carbocycles. The average molecular weight is 507 g/mol. The average Bonchev–Trinajstić information content (AvgIpc) is 3.04. The minimum Gasteiger partial charge on any atom is -0.363 e. The molecule has 0 aromatic heterocycles. The fraction of sp³-hybridized carbons (Fsp3) is 0.250. The van der Waals surface area contributed by atoms with Crippen LogP contribution >= 0.6 is 46.6 Å². The quantitative estimate of drug-likeness (QED) is 0.437.